The van der Waals surface area contributed by atoms with E-state index in [1.54, 1.807) is 12.1 Å². The van der Waals surface area contributed by atoms with Gasteiger partial charge in [0, 0.05) is 12.1 Å². The van der Waals surface area contributed by atoms with Crippen molar-refractivity contribution >= 4 is 11.6 Å². The molecule has 3 fully saturated rings. The molecule has 5 atom stereocenters. The van der Waals surface area contributed by atoms with Crippen LogP contribution in [0.3, 0.4) is 0 Å². The van der Waals surface area contributed by atoms with Gasteiger partial charge in [-0.05, 0) is 55.4 Å². The predicted molar refractivity (Wildman–Crippen MR) is 87.6 cm³/mol. The molecular formula is C18H22N2O4. The summed E-state index contributed by atoms with van der Waals surface area (Å²) in [5, 5.41) is 14.1. The van der Waals surface area contributed by atoms with E-state index < -0.39 is 4.92 Å². The molecule has 1 aromatic carbocycles. The highest BCUT2D eigenvalue weighted by molar-refractivity contribution is 5.78. The Morgan fingerprint density at radius 3 is 2.83 bits per heavy atom. The van der Waals surface area contributed by atoms with Crippen molar-refractivity contribution in [3.8, 4) is 5.75 Å². The lowest BCUT2D eigenvalue weighted by atomic mass is 9.79. The normalized spacial score (nSPS) is 33.2. The second-order valence-electron chi connectivity index (χ2n) is 7.34. The number of nitro benzene ring substituents is 1. The summed E-state index contributed by atoms with van der Waals surface area (Å²) >= 11 is 0. The van der Waals surface area contributed by atoms with Crippen LogP contribution in [0.15, 0.2) is 24.3 Å². The highest BCUT2D eigenvalue weighted by Crippen LogP contribution is 2.58. The standard InChI is InChI=1S/C18H22N2O4/c21-18(10-24-17-7-2-1-6-16(17)20(22)23)19-15-9-11-8-14(15)13-5-3-4-12(11)13/h1-2,6-7,11-15H,3-5,8-10H2,(H,19,21)/t11-,12-,13+,14+,15-/m1/s1. The average Bonchev–Trinajstić information content (AvgIpc) is 3.25. The van der Waals surface area contributed by atoms with Gasteiger partial charge in [0.1, 0.15) is 0 Å². The Hall–Kier alpha value is -2.11. The molecular weight excluding hydrogens is 308 g/mol. The first-order valence-electron chi connectivity index (χ1n) is 8.79. The first-order valence-corrected chi connectivity index (χ1v) is 8.79. The number of amides is 1. The number of hydrogen-bond acceptors (Lipinski definition) is 4. The van der Waals surface area contributed by atoms with Gasteiger partial charge in [-0.25, -0.2) is 0 Å². The van der Waals surface area contributed by atoms with Crippen molar-refractivity contribution in [1.82, 2.24) is 5.32 Å². The van der Waals surface area contributed by atoms with E-state index in [0.29, 0.717) is 5.92 Å². The summed E-state index contributed by atoms with van der Waals surface area (Å²) in [6.45, 7) is -0.174. The molecule has 2 bridgehead atoms. The van der Waals surface area contributed by atoms with Crippen molar-refractivity contribution in [2.45, 2.75) is 38.1 Å². The van der Waals surface area contributed by atoms with Gasteiger partial charge in [-0.1, -0.05) is 18.6 Å². The van der Waals surface area contributed by atoms with Crippen LogP contribution >= 0.6 is 0 Å². The molecule has 3 aliphatic rings. The Morgan fingerprint density at radius 1 is 1.21 bits per heavy atom. The van der Waals surface area contributed by atoms with Crippen LogP contribution in [0.1, 0.15) is 32.1 Å². The molecule has 24 heavy (non-hydrogen) atoms. The number of nitrogens with zero attached hydrogens (tertiary/aromatic N) is 1. The number of ether oxygens (including phenoxy) is 1. The summed E-state index contributed by atoms with van der Waals surface area (Å²) in [6, 6.07) is 6.40. The fraction of sp³-hybridized carbons (Fsp3) is 0.611. The largest absolute Gasteiger partial charge is 0.477 e. The molecule has 0 saturated heterocycles. The molecule has 6 heteroatoms. The number of rotatable bonds is 5. The molecule has 0 unspecified atom stereocenters. The van der Waals surface area contributed by atoms with Crippen molar-refractivity contribution in [3.63, 3.8) is 0 Å². The third-order valence-corrected chi connectivity index (χ3v) is 6.20. The smallest absolute Gasteiger partial charge is 0.310 e. The van der Waals surface area contributed by atoms with Crippen LogP contribution in [-0.4, -0.2) is 23.5 Å². The van der Waals surface area contributed by atoms with Crippen molar-refractivity contribution < 1.29 is 14.5 Å². The third kappa shape index (κ3) is 2.64. The topological polar surface area (TPSA) is 81.5 Å². The number of benzene rings is 1. The second-order valence-corrected chi connectivity index (χ2v) is 7.34. The quantitative estimate of drug-likeness (QED) is 0.665. The van der Waals surface area contributed by atoms with Gasteiger partial charge in [-0.2, -0.15) is 0 Å². The maximum atomic E-state index is 12.2. The number of carbonyl (C=O) groups is 1. The molecule has 1 amide bonds. The average molecular weight is 330 g/mol. The molecule has 3 aliphatic carbocycles. The highest BCUT2D eigenvalue weighted by Gasteiger charge is 2.53. The van der Waals surface area contributed by atoms with Gasteiger partial charge in [-0.3, -0.25) is 14.9 Å². The van der Waals surface area contributed by atoms with Crippen LogP contribution in [0.25, 0.3) is 0 Å². The van der Waals surface area contributed by atoms with Gasteiger partial charge in [0.2, 0.25) is 0 Å². The molecule has 0 aromatic heterocycles. The first-order chi connectivity index (χ1) is 11.6. The van der Waals surface area contributed by atoms with Gasteiger partial charge < -0.3 is 10.1 Å². The number of nitro groups is 1. The lowest BCUT2D eigenvalue weighted by Gasteiger charge is -2.32. The SMILES string of the molecule is O=C(COc1ccccc1[N+](=O)[O-])N[C@@H]1C[C@H]2C[C@H]1[C@H]1CCC[C@H]21. The maximum absolute atomic E-state index is 12.2. The Balaban J connectivity index is 1.33. The number of nitrogens with one attached hydrogen (secondary N) is 1. The van der Waals surface area contributed by atoms with E-state index in [4.69, 9.17) is 4.74 Å². The molecule has 128 valence electrons. The molecule has 0 heterocycles. The fourth-order valence-electron chi connectivity index (χ4n) is 5.36. The van der Waals surface area contributed by atoms with Crippen LogP contribution in [0, 0.1) is 33.8 Å². The molecule has 0 aliphatic heterocycles. The second kappa shape index (κ2) is 6.07. The van der Waals surface area contributed by atoms with Crippen LogP contribution < -0.4 is 10.1 Å². The zero-order chi connectivity index (χ0) is 16.7. The van der Waals surface area contributed by atoms with Gasteiger partial charge in [0.05, 0.1) is 4.92 Å². The summed E-state index contributed by atoms with van der Waals surface area (Å²) in [5.74, 6) is 3.06. The summed E-state index contributed by atoms with van der Waals surface area (Å²) in [4.78, 5) is 22.7. The van der Waals surface area contributed by atoms with Crippen LogP contribution in [0.4, 0.5) is 5.69 Å². The molecule has 1 N–H and O–H groups in total. The number of fused-ring (bicyclic) bond motifs is 5. The van der Waals surface area contributed by atoms with E-state index in [-0.39, 0.29) is 30.0 Å². The number of hydrogen-bond donors (Lipinski definition) is 1. The number of para-hydroxylation sites is 2. The Bertz CT molecular complexity index is 662. The summed E-state index contributed by atoms with van der Waals surface area (Å²) in [5.41, 5.74) is -0.112. The zero-order valence-electron chi connectivity index (χ0n) is 13.5. The minimum atomic E-state index is -0.497. The zero-order valence-corrected chi connectivity index (χ0v) is 13.5. The van der Waals surface area contributed by atoms with E-state index >= 15 is 0 Å². The van der Waals surface area contributed by atoms with Crippen molar-refractivity contribution in [2.75, 3.05) is 6.61 Å². The fourth-order valence-corrected chi connectivity index (χ4v) is 5.36. The maximum Gasteiger partial charge on any atom is 0.310 e. The van der Waals surface area contributed by atoms with E-state index in [2.05, 4.69) is 5.32 Å². The van der Waals surface area contributed by atoms with Crippen LogP contribution in [0.5, 0.6) is 5.75 Å². The van der Waals surface area contributed by atoms with Crippen molar-refractivity contribution in [1.29, 1.82) is 0 Å². The molecule has 4 rings (SSSR count). The van der Waals surface area contributed by atoms with E-state index in [1.165, 1.54) is 37.8 Å². The molecule has 0 spiro atoms. The van der Waals surface area contributed by atoms with Gasteiger partial charge >= 0.3 is 5.69 Å². The van der Waals surface area contributed by atoms with Gasteiger partial charge in [0.25, 0.3) is 5.91 Å². The monoisotopic (exact) mass is 330 g/mol. The predicted octanol–water partition coefficient (Wildman–Crippen LogP) is 2.91. The lowest BCUT2D eigenvalue weighted by molar-refractivity contribution is -0.385. The summed E-state index contributed by atoms with van der Waals surface area (Å²) in [7, 11) is 0. The lowest BCUT2D eigenvalue weighted by Crippen LogP contribution is -2.44. The molecule has 6 nitrogen and oxygen atoms in total. The molecule has 3 saturated carbocycles. The minimum Gasteiger partial charge on any atom is -0.477 e. The van der Waals surface area contributed by atoms with E-state index in [0.717, 1.165) is 24.2 Å². The number of carbonyl (C=O) groups excluding carboxylic acids is 1. The van der Waals surface area contributed by atoms with Crippen molar-refractivity contribution in [3.05, 3.63) is 34.4 Å². The molecule has 0 radical (unpaired) electrons. The molecule has 1 aromatic rings. The third-order valence-electron chi connectivity index (χ3n) is 6.20. The van der Waals surface area contributed by atoms with Crippen LogP contribution in [0.2, 0.25) is 0 Å². The Morgan fingerprint density at radius 2 is 2.00 bits per heavy atom. The van der Waals surface area contributed by atoms with Crippen molar-refractivity contribution in [2.24, 2.45) is 23.7 Å². The van der Waals surface area contributed by atoms with E-state index in [9.17, 15) is 14.9 Å². The Labute approximate surface area is 140 Å². The minimum absolute atomic E-state index is 0.112. The van der Waals surface area contributed by atoms with E-state index in [1.807, 2.05) is 0 Å². The van der Waals surface area contributed by atoms with Gasteiger partial charge in [0.15, 0.2) is 12.4 Å². The first kappa shape index (κ1) is 15.4. The van der Waals surface area contributed by atoms with Gasteiger partial charge in [-0.15, -0.1) is 0 Å². The summed E-state index contributed by atoms with van der Waals surface area (Å²) in [6.07, 6.45) is 6.36. The summed E-state index contributed by atoms with van der Waals surface area (Å²) < 4.78 is 5.38. The Kier molecular flexibility index (Phi) is 3.90. The van der Waals surface area contributed by atoms with Crippen LogP contribution in [-0.2, 0) is 4.79 Å². The highest BCUT2D eigenvalue weighted by atomic mass is 16.6.